The van der Waals surface area contributed by atoms with E-state index in [0.29, 0.717) is 10.6 Å². The van der Waals surface area contributed by atoms with Crippen LogP contribution in [0.5, 0.6) is 11.5 Å². The van der Waals surface area contributed by atoms with Gasteiger partial charge in [0, 0.05) is 18.2 Å². The summed E-state index contributed by atoms with van der Waals surface area (Å²) in [7, 11) is 0. The van der Waals surface area contributed by atoms with Crippen LogP contribution >= 0.6 is 11.6 Å². The second-order valence-corrected chi connectivity index (χ2v) is 4.02. The molecule has 0 amide bonds. The molecule has 0 aliphatic rings. The molecule has 2 N–H and O–H groups in total. The Bertz CT molecular complexity index is 575. The minimum atomic E-state index is -0.794. The van der Waals surface area contributed by atoms with Gasteiger partial charge in [0.15, 0.2) is 17.3 Å². The third kappa shape index (κ3) is 2.60. The molecule has 0 atom stereocenters. The molecule has 2 rings (SSSR count). The zero-order chi connectivity index (χ0) is 13.1. The Morgan fingerprint density at radius 2 is 1.94 bits per heavy atom. The van der Waals surface area contributed by atoms with Gasteiger partial charge in [-0.1, -0.05) is 23.7 Å². The van der Waals surface area contributed by atoms with Crippen molar-refractivity contribution in [1.82, 2.24) is 0 Å². The number of halogens is 3. The zero-order valence-electron chi connectivity index (χ0n) is 9.29. The van der Waals surface area contributed by atoms with Crippen molar-refractivity contribution >= 4 is 11.6 Å². The van der Waals surface area contributed by atoms with Crippen molar-refractivity contribution in [3.8, 4) is 11.5 Å². The summed E-state index contributed by atoms with van der Waals surface area (Å²) < 4.78 is 31.6. The summed E-state index contributed by atoms with van der Waals surface area (Å²) in [6.07, 6.45) is 0. The summed E-state index contributed by atoms with van der Waals surface area (Å²) in [5, 5.41) is 0.321. The van der Waals surface area contributed by atoms with Gasteiger partial charge >= 0.3 is 0 Å². The van der Waals surface area contributed by atoms with Crippen molar-refractivity contribution in [3.63, 3.8) is 0 Å². The van der Waals surface area contributed by atoms with Crippen LogP contribution in [-0.4, -0.2) is 0 Å². The topological polar surface area (TPSA) is 35.2 Å². The molecule has 5 heteroatoms. The lowest BCUT2D eigenvalue weighted by molar-refractivity contribution is 0.434. The first kappa shape index (κ1) is 12.8. The SMILES string of the molecule is NCc1cccc(Cl)c1Oc1ccc(F)cc1F. The van der Waals surface area contributed by atoms with Gasteiger partial charge in [0.05, 0.1) is 5.02 Å². The fourth-order valence-corrected chi connectivity index (χ4v) is 1.73. The van der Waals surface area contributed by atoms with E-state index >= 15 is 0 Å². The van der Waals surface area contributed by atoms with Crippen molar-refractivity contribution in [2.75, 3.05) is 0 Å². The van der Waals surface area contributed by atoms with E-state index in [2.05, 4.69) is 0 Å². The van der Waals surface area contributed by atoms with Crippen LogP contribution in [0.1, 0.15) is 5.56 Å². The lowest BCUT2D eigenvalue weighted by Crippen LogP contribution is -2.00. The Morgan fingerprint density at radius 1 is 1.17 bits per heavy atom. The van der Waals surface area contributed by atoms with E-state index in [9.17, 15) is 8.78 Å². The molecule has 0 radical (unpaired) electrons. The summed E-state index contributed by atoms with van der Waals surface area (Å²) in [6.45, 7) is 0.207. The molecule has 0 heterocycles. The summed E-state index contributed by atoms with van der Waals surface area (Å²) >= 11 is 5.96. The molecule has 18 heavy (non-hydrogen) atoms. The number of hydrogen-bond acceptors (Lipinski definition) is 2. The molecule has 2 aromatic carbocycles. The minimum absolute atomic E-state index is 0.0980. The molecular weight excluding hydrogens is 260 g/mol. The zero-order valence-corrected chi connectivity index (χ0v) is 10.0. The van der Waals surface area contributed by atoms with Crippen LogP contribution in [0.25, 0.3) is 0 Å². The molecule has 0 aliphatic heterocycles. The van der Waals surface area contributed by atoms with E-state index in [1.54, 1.807) is 18.2 Å². The number of ether oxygens (including phenoxy) is 1. The van der Waals surface area contributed by atoms with E-state index < -0.39 is 11.6 Å². The Balaban J connectivity index is 2.39. The molecule has 2 aromatic rings. The number of rotatable bonds is 3. The van der Waals surface area contributed by atoms with Crippen molar-refractivity contribution in [2.24, 2.45) is 5.73 Å². The highest BCUT2D eigenvalue weighted by Crippen LogP contribution is 2.33. The Labute approximate surface area is 108 Å². The van der Waals surface area contributed by atoms with Crippen molar-refractivity contribution in [2.45, 2.75) is 6.54 Å². The van der Waals surface area contributed by atoms with Gasteiger partial charge in [0.2, 0.25) is 0 Å². The van der Waals surface area contributed by atoms with Crippen molar-refractivity contribution < 1.29 is 13.5 Å². The monoisotopic (exact) mass is 269 g/mol. The normalized spacial score (nSPS) is 10.4. The van der Waals surface area contributed by atoms with E-state index in [-0.39, 0.29) is 18.0 Å². The third-order valence-electron chi connectivity index (χ3n) is 2.37. The molecule has 0 unspecified atom stereocenters. The predicted molar refractivity (Wildman–Crippen MR) is 65.8 cm³/mol. The maximum Gasteiger partial charge on any atom is 0.168 e. The van der Waals surface area contributed by atoms with Gasteiger partial charge in [-0.2, -0.15) is 0 Å². The van der Waals surface area contributed by atoms with Crippen LogP contribution < -0.4 is 10.5 Å². The van der Waals surface area contributed by atoms with Gasteiger partial charge in [0.1, 0.15) is 5.82 Å². The lowest BCUT2D eigenvalue weighted by Gasteiger charge is -2.12. The molecule has 2 nitrogen and oxygen atoms in total. The van der Waals surface area contributed by atoms with Crippen LogP contribution in [0.15, 0.2) is 36.4 Å². The number of benzene rings is 2. The van der Waals surface area contributed by atoms with Crippen LogP contribution in [0, 0.1) is 11.6 Å². The van der Waals surface area contributed by atoms with Crippen LogP contribution in [0.2, 0.25) is 5.02 Å². The first-order valence-corrected chi connectivity index (χ1v) is 5.60. The molecule has 0 fully saturated rings. The highest BCUT2D eigenvalue weighted by Gasteiger charge is 2.12. The highest BCUT2D eigenvalue weighted by atomic mass is 35.5. The van der Waals surface area contributed by atoms with Crippen molar-refractivity contribution in [3.05, 3.63) is 58.6 Å². The lowest BCUT2D eigenvalue weighted by atomic mass is 10.2. The second-order valence-electron chi connectivity index (χ2n) is 3.61. The summed E-state index contributed by atoms with van der Waals surface area (Å²) in [6, 6.07) is 8.11. The van der Waals surface area contributed by atoms with Crippen LogP contribution in [0.4, 0.5) is 8.78 Å². The fraction of sp³-hybridized carbons (Fsp3) is 0.0769. The standard InChI is InChI=1S/C13H10ClF2NO/c14-10-3-1-2-8(7-17)13(10)18-12-5-4-9(15)6-11(12)16/h1-6H,7,17H2. The number of para-hydroxylation sites is 1. The van der Waals surface area contributed by atoms with Gasteiger partial charge in [-0.05, 0) is 18.2 Å². The van der Waals surface area contributed by atoms with Crippen molar-refractivity contribution in [1.29, 1.82) is 0 Å². The van der Waals surface area contributed by atoms with E-state index in [4.69, 9.17) is 22.1 Å². The smallest absolute Gasteiger partial charge is 0.168 e. The summed E-state index contributed by atoms with van der Waals surface area (Å²) in [5.74, 6) is -1.28. The maximum atomic E-state index is 13.5. The fourth-order valence-electron chi connectivity index (χ4n) is 1.50. The Morgan fingerprint density at radius 3 is 2.61 bits per heavy atom. The third-order valence-corrected chi connectivity index (χ3v) is 2.67. The van der Waals surface area contributed by atoms with E-state index in [0.717, 1.165) is 12.1 Å². The molecular formula is C13H10ClF2NO. The first-order valence-electron chi connectivity index (χ1n) is 5.22. The molecule has 0 aromatic heterocycles. The van der Waals surface area contributed by atoms with Gasteiger partial charge in [-0.3, -0.25) is 0 Å². The molecule has 0 saturated heterocycles. The first-order chi connectivity index (χ1) is 8.61. The molecule has 0 aliphatic carbocycles. The quantitative estimate of drug-likeness (QED) is 0.918. The van der Waals surface area contributed by atoms with Crippen LogP contribution in [0.3, 0.4) is 0 Å². The summed E-state index contributed by atoms with van der Waals surface area (Å²) in [5.41, 5.74) is 6.19. The maximum absolute atomic E-state index is 13.5. The highest BCUT2D eigenvalue weighted by molar-refractivity contribution is 6.32. The van der Waals surface area contributed by atoms with Gasteiger partial charge in [-0.15, -0.1) is 0 Å². The Hall–Kier alpha value is -1.65. The number of nitrogens with two attached hydrogens (primary N) is 1. The van der Waals surface area contributed by atoms with Crippen LogP contribution in [-0.2, 0) is 6.54 Å². The number of hydrogen-bond donors (Lipinski definition) is 1. The minimum Gasteiger partial charge on any atom is -0.452 e. The molecule has 94 valence electrons. The largest absolute Gasteiger partial charge is 0.452 e. The van der Waals surface area contributed by atoms with Gasteiger partial charge in [-0.25, -0.2) is 8.78 Å². The average Bonchev–Trinajstić information content (AvgIpc) is 2.34. The van der Waals surface area contributed by atoms with E-state index in [1.807, 2.05) is 0 Å². The van der Waals surface area contributed by atoms with E-state index in [1.165, 1.54) is 6.07 Å². The predicted octanol–water partition coefficient (Wildman–Crippen LogP) is 3.87. The Kier molecular flexibility index (Phi) is 3.79. The molecule has 0 saturated carbocycles. The molecule has 0 spiro atoms. The van der Waals surface area contributed by atoms with Gasteiger partial charge < -0.3 is 10.5 Å². The molecule has 0 bridgehead atoms. The second kappa shape index (κ2) is 5.33. The summed E-state index contributed by atoms with van der Waals surface area (Å²) in [4.78, 5) is 0. The average molecular weight is 270 g/mol. The van der Waals surface area contributed by atoms with Gasteiger partial charge in [0.25, 0.3) is 0 Å².